The summed E-state index contributed by atoms with van der Waals surface area (Å²) in [4.78, 5) is 11.0. The van der Waals surface area contributed by atoms with Crippen molar-refractivity contribution >= 4 is 5.97 Å². The van der Waals surface area contributed by atoms with E-state index in [1.807, 2.05) is 20.8 Å². The Labute approximate surface area is 61.6 Å². The fourth-order valence-electron chi connectivity index (χ4n) is 1.25. The zero-order valence-electron chi connectivity index (χ0n) is 6.97. The van der Waals surface area contributed by atoms with Crippen LogP contribution in [0.2, 0.25) is 0 Å². The molecular formula is C8H14O2. The summed E-state index contributed by atoms with van der Waals surface area (Å²) in [6, 6.07) is 0. The zero-order valence-corrected chi connectivity index (χ0v) is 6.97. The molecule has 0 radical (unpaired) electrons. The van der Waals surface area contributed by atoms with E-state index >= 15 is 0 Å². The molecule has 0 spiro atoms. The molecule has 2 nitrogen and oxygen atoms in total. The Morgan fingerprint density at radius 3 is 2.00 bits per heavy atom. The Kier molecular flexibility index (Phi) is 1.50. The third-order valence-electron chi connectivity index (χ3n) is 2.58. The molecule has 0 bridgehead atoms. The van der Waals surface area contributed by atoms with Gasteiger partial charge in [0.2, 0.25) is 0 Å². The zero-order chi connectivity index (χ0) is 7.94. The topological polar surface area (TPSA) is 26.3 Å². The van der Waals surface area contributed by atoms with Crippen LogP contribution in [0.1, 0.15) is 27.7 Å². The number of carbonyl (C=O) groups is 1. The second kappa shape index (κ2) is 1.97. The standard InChI is InChI=1S/C8H14O2/c1-5-6(2)8(3,4)10-7(5)9/h5-6H,1-4H3. The van der Waals surface area contributed by atoms with Gasteiger partial charge in [-0.25, -0.2) is 0 Å². The van der Waals surface area contributed by atoms with Gasteiger partial charge in [0, 0.05) is 5.92 Å². The second-order valence-corrected chi connectivity index (χ2v) is 3.60. The van der Waals surface area contributed by atoms with Gasteiger partial charge >= 0.3 is 5.97 Å². The second-order valence-electron chi connectivity index (χ2n) is 3.60. The highest BCUT2D eigenvalue weighted by molar-refractivity contribution is 5.75. The normalized spacial score (nSPS) is 37.8. The summed E-state index contributed by atoms with van der Waals surface area (Å²) in [6.45, 7) is 7.88. The van der Waals surface area contributed by atoms with Crippen LogP contribution < -0.4 is 0 Å². The first kappa shape index (κ1) is 7.58. The molecule has 0 aromatic heterocycles. The lowest BCUT2D eigenvalue weighted by Gasteiger charge is -2.21. The van der Waals surface area contributed by atoms with Gasteiger partial charge in [0.1, 0.15) is 5.60 Å². The molecule has 1 saturated heterocycles. The largest absolute Gasteiger partial charge is 0.459 e. The van der Waals surface area contributed by atoms with Crippen LogP contribution in [0, 0.1) is 11.8 Å². The maximum atomic E-state index is 11.0. The van der Waals surface area contributed by atoms with Crippen molar-refractivity contribution < 1.29 is 9.53 Å². The smallest absolute Gasteiger partial charge is 0.309 e. The van der Waals surface area contributed by atoms with Crippen LogP contribution >= 0.6 is 0 Å². The highest BCUT2D eigenvalue weighted by atomic mass is 16.6. The molecule has 0 aromatic rings. The van der Waals surface area contributed by atoms with E-state index in [0.29, 0.717) is 5.92 Å². The Balaban J connectivity index is 2.81. The Bertz CT molecular complexity index is 161. The fourth-order valence-corrected chi connectivity index (χ4v) is 1.25. The first-order valence-electron chi connectivity index (χ1n) is 3.68. The molecular weight excluding hydrogens is 128 g/mol. The Hall–Kier alpha value is -0.530. The van der Waals surface area contributed by atoms with Gasteiger partial charge < -0.3 is 4.74 Å². The van der Waals surface area contributed by atoms with Crippen LogP contribution in [0.15, 0.2) is 0 Å². The maximum absolute atomic E-state index is 11.0. The molecule has 0 aliphatic carbocycles. The molecule has 58 valence electrons. The molecule has 10 heavy (non-hydrogen) atoms. The van der Waals surface area contributed by atoms with E-state index in [4.69, 9.17) is 4.74 Å². The lowest BCUT2D eigenvalue weighted by molar-refractivity contribution is -0.148. The van der Waals surface area contributed by atoms with Crippen LogP contribution in [0.25, 0.3) is 0 Å². The Morgan fingerprint density at radius 2 is 1.90 bits per heavy atom. The lowest BCUT2D eigenvalue weighted by atomic mass is 9.86. The van der Waals surface area contributed by atoms with Crippen LogP contribution in [-0.2, 0) is 9.53 Å². The van der Waals surface area contributed by atoms with E-state index in [-0.39, 0.29) is 17.5 Å². The summed E-state index contributed by atoms with van der Waals surface area (Å²) >= 11 is 0. The summed E-state index contributed by atoms with van der Waals surface area (Å²) in [5.74, 6) is 0.340. The SMILES string of the molecule is CC1C(=O)OC(C)(C)C1C. The quantitative estimate of drug-likeness (QED) is 0.480. The molecule has 0 saturated carbocycles. The van der Waals surface area contributed by atoms with Gasteiger partial charge in [-0.2, -0.15) is 0 Å². The van der Waals surface area contributed by atoms with E-state index in [1.165, 1.54) is 0 Å². The molecule has 0 amide bonds. The molecule has 2 atom stereocenters. The third-order valence-corrected chi connectivity index (χ3v) is 2.58. The van der Waals surface area contributed by atoms with Crippen molar-refractivity contribution in [3.63, 3.8) is 0 Å². The van der Waals surface area contributed by atoms with Gasteiger partial charge in [-0.1, -0.05) is 13.8 Å². The van der Waals surface area contributed by atoms with Crippen LogP contribution in [0.3, 0.4) is 0 Å². The number of rotatable bonds is 0. The minimum Gasteiger partial charge on any atom is -0.459 e. The number of cyclic esters (lactones) is 1. The van der Waals surface area contributed by atoms with Crippen molar-refractivity contribution in [3.05, 3.63) is 0 Å². The van der Waals surface area contributed by atoms with E-state index in [0.717, 1.165) is 0 Å². The minimum atomic E-state index is -0.253. The van der Waals surface area contributed by atoms with Crippen LogP contribution in [-0.4, -0.2) is 11.6 Å². The van der Waals surface area contributed by atoms with Crippen molar-refractivity contribution in [2.24, 2.45) is 11.8 Å². The first-order chi connectivity index (χ1) is 4.45. The number of esters is 1. The highest BCUT2D eigenvalue weighted by Crippen LogP contribution is 2.35. The average molecular weight is 142 g/mol. The van der Waals surface area contributed by atoms with E-state index in [9.17, 15) is 4.79 Å². The summed E-state index contributed by atoms with van der Waals surface area (Å²) < 4.78 is 5.13. The van der Waals surface area contributed by atoms with Crippen LogP contribution in [0.4, 0.5) is 0 Å². The molecule has 2 unspecified atom stereocenters. The molecule has 1 heterocycles. The van der Waals surface area contributed by atoms with Gasteiger partial charge in [-0.3, -0.25) is 4.79 Å². The average Bonchev–Trinajstić information content (AvgIpc) is 1.95. The first-order valence-corrected chi connectivity index (χ1v) is 3.68. The predicted molar refractivity (Wildman–Crippen MR) is 38.5 cm³/mol. The van der Waals surface area contributed by atoms with Gasteiger partial charge in [-0.05, 0) is 13.8 Å². The minimum absolute atomic E-state index is 0.0579. The highest BCUT2D eigenvalue weighted by Gasteiger charge is 2.44. The van der Waals surface area contributed by atoms with Crippen molar-refractivity contribution in [2.45, 2.75) is 33.3 Å². The fraction of sp³-hybridized carbons (Fsp3) is 0.875. The molecule has 0 aromatic carbocycles. The summed E-state index contributed by atoms with van der Waals surface area (Å²) in [5.41, 5.74) is -0.253. The van der Waals surface area contributed by atoms with E-state index < -0.39 is 0 Å². The number of ether oxygens (including phenoxy) is 1. The molecule has 2 heteroatoms. The van der Waals surface area contributed by atoms with Gasteiger partial charge in [0.05, 0.1) is 5.92 Å². The third kappa shape index (κ3) is 0.917. The molecule has 1 aliphatic rings. The van der Waals surface area contributed by atoms with E-state index in [1.54, 1.807) is 0 Å². The summed E-state index contributed by atoms with van der Waals surface area (Å²) in [7, 11) is 0. The van der Waals surface area contributed by atoms with Crippen LogP contribution in [0.5, 0.6) is 0 Å². The molecule has 0 N–H and O–H groups in total. The van der Waals surface area contributed by atoms with Crippen molar-refractivity contribution in [2.75, 3.05) is 0 Å². The Morgan fingerprint density at radius 1 is 1.40 bits per heavy atom. The predicted octanol–water partition coefficient (Wildman–Crippen LogP) is 1.59. The van der Waals surface area contributed by atoms with Crippen molar-refractivity contribution in [1.29, 1.82) is 0 Å². The summed E-state index contributed by atoms with van der Waals surface area (Å²) in [6.07, 6.45) is 0. The van der Waals surface area contributed by atoms with Gasteiger partial charge in [-0.15, -0.1) is 0 Å². The number of hydrogen-bond acceptors (Lipinski definition) is 2. The molecule has 1 rings (SSSR count). The van der Waals surface area contributed by atoms with Crippen molar-refractivity contribution in [1.82, 2.24) is 0 Å². The van der Waals surface area contributed by atoms with Crippen molar-refractivity contribution in [3.8, 4) is 0 Å². The number of carbonyl (C=O) groups excluding carboxylic acids is 1. The number of hydrogen-bond donors (Lipinski definition) is 0. The lowest BCUT2D eigenvalue weighted by Crippen LogP contribution is -2.26. The maximum Gasteiger partial charge on any atom is 0.309 e. The molecule has 1 fully saturated rings. The van der Waals surface area contributed by atoms with E-state index in [2.05, 4.69) is 6.92 Å². The molecule has 1 aliphatic heterocycles. The summed E-state index contributed by atoms with van der Waals surface area (Å²) in [5, 5.41) is 0. The van der Waals surface area contributed by atoms with Gasteiger partial charge in [0.15, 0.2) is 0 Å². The monoisotopic (exact) mass is 142 g/mol. The van der Waals surface area contributed by atoms with Gasteiger partial charge in [0.25, 0.3) is 0 Å².